The summed E-state index contributed by atoms with van der Waals surface area (Å²) in [6.07, 6.45) is 0.748. The van der Waals surface area contributed by atoms with Crippen molar-refractivity contribution in [2.24, 2.45) is 5.73 Å². The standard InChI is InChI=1S/C12H17NO3/c1-15-9-4-2-3-5-10(9)16-11-7-6-8(13)12(11)14/h2-5,8,11-12,14H,6-7,13H2,1H3/t8-,11-,12-/m1/s1. The van der Waals surface area contributed by atoms with Crippen LogP contribution in [0.4, 0.5) is 0 Å². The molecule has 1 aliphatic carbocycles. The largest absolute Gasteiger partial charge is 0.493 e. The molecule has 4 nitrogen and oxygen atoms in total. The fraction of sp³-hybridized carbons (Fsp3) is 0.500. The first-order valence-electron chi connectivity index (χ1n) is 5.45. The first kappa shape index (κ1) is 11.2. The van der Waals surface area contributed by atoms with Gasteiger partial charge >= 0.3 is 0 Å². The Morgan fingerprint density at radius 3 is 2.50 bits per heavy atom. The summed E-state index contributed by atoms with van der Waals surface area (Å²) in [5.41, 5.74) is 5.73. The molecule has 1 aromatic rings. The van der Waals surface area contributed by atoms with Gasteiger partial charge in [0.1, 0.15) is 12.2 Å². The van der Waals surface area contributed by atoms with E-state index >= 15 is 0 Å². The number of aliphatic hydroxyl groups is 1. The normalized spacial score (nSPS) is 29.1. The van der Waals surface area contributed by atoms with Crippen molar-refractivity contribution >= 4 is 0 Å². The Morgan fingerprint density at radius 2 is 1.94 bits per heavy atom. The Hall–Kier alpha value is -1.26. The smallest absolute Gasteiger partial charge is 0.161 e. The highest BCUT2D eigenvalue weighted by molar-refractivity contribution is 5.39. The number of aliphatic hydroxyl groups excluding tert-OH is 1. The summed E-state index contributed by atoms with van der Waals surface area (Å²) < 4.78 is 10.9. The van der Waals surface area contributed by atoms with Crippen LogP contribution in [0.2, 0.25) is 0 Å². The lowest BCUT2D eigenvalue weighted by Gasteiger charge is -2.20. The molecule has 0 radical (unpaired) electrons. The van der Waals surface area contributed by atoms with Crippen LogP contribution >= 0.6 is 0 Å². The van der Waals surface area contributed by atoms with E-state index in [1.54, 1.807) is 7.11 Å². The van der Waals surface area contributed by atoms with E-state index in [1.807, 2.05) is 24.3 Å². The second-order valence-corrected chi connectivity index (χ2v) is 4.04. The zero-order valence-electron chi connectivity index (χ0n) is 9.30. The van der Waals surface area contributed by atoms with Crippen LogP contribution in [0.15, 0.2) is 24.3 Å². The number of ether oxygens (including phenoxy) is 2. The van der Waals surface area contributed by atoms with Crippen LogP contribution in [0.5, 0.6) is 11.5 Å². The average Bonchev–Trinajstić information content (AvgIpc) is 2.62. The highest BCUT2D eigenvalue weighted by Crippen LogP contribution is 2.30. The monoisotopic (exact) mass is 223 g/mol. The molecule has 0 unspecified atom stereocenters. The number of rotatable bonds is 3. The molecule has 1 aliphatic rings. The van der Waals surface area contributed by atoms with E-state index in [2.05, 4.69) is 0 Å². The number of hydrogen-bond donors (Lipinski definition) is 2. The molecule has 88 valence electrons. The second kappa shape index (κ2) is 4.72. The van der Waals surface area contributed by atoms with E-state index in [9.17, 15) is 5.11 Å². The van der Waals surface area contributed by atoms with E-state index in [1.165, 1.54) is 0 Å². The van der Waals surface area contributed by atoms with E-state index in [0.29, 0.717) is 11.5 Å². The predicted molar refractivity (Wildman–Crippen MR) is 60.6 cm³/mol. The van der Waals surface area contributed by atoms with Gasteiger partial charge < -0.3 is 20.3 Å². The molecular weight excluding hydrogens is 206 g/mol. The molecule has 3 atom stereocenters. The molecule has 0 aliphatic heterocycles. The zero-order valence-corrected chi connectivity index (χ0v) is 9.30. The molecule has 4 heteroatoms. The van der Waals surface area contributed by atoms with Gasteiger partial charge in [-0.25, -0.2) is 0 Å². The lowest BCUT2D eigenvalue weighted by Crippen LogP contribution is -2.37. The number of para-hydroxylation sites is 2. The number of methoxy groups -OCH3 is 1. The maximum absolute atomic E-state index is 9.79. The molecule has 0 amide bonds. The molecule has 1 saturated carbocycles. The van der Waals surface area contributed by atoms with Crippen molar-refractivity contribution in [2.45, 2.75) is 31.1 Å². The molecule has 0 spiro atoms. The lowest BCUT2D eigenvalue weighted by molar-refractivity contribution is 0.0505. The summed E-state index contributed by atoms with van der Waals surface area (Å²) in [6.45, 7) is 0. The molecule has 16 heavy (non-hydrogen) atoms. The summed E-state index contributed by atoms with van der Waals surface area (Å²) in [5.74, 6) is 1.33. The predicted octanol–water partition coefficient (Wildman–Crippen LogP) is 0.925. The van der Waals surface area contributed by atoms with Gasteiger partial charge in [0.2, 0.25) is 0 Å². The van der Waals surface area contributed by atoms with Gasteiger partial charge in [-0.3, -0.25) is 0 Å². The second-order valence-electron chi connectivity index (χ2n) is 4.04. The third-order valence-electron chi connectivity index (χ3n) is 2.95. The van der Waals surface area contributed by atoms with Crippen LogP contribution in [0.1, 0.15) is 12.8 Å². The van der Waals surface area contributed by atoms with Crippen molar-refractivity contribution < 1.29 is 14.6 Å². The Balaban J connectivity index is 2.09. The minimum atomic E-state index is -0.593. The highest BCUT2D eigenvalue weighted by Gasteiger charge is 2.34. The minimum Gasteiger partial charge on any atom is -0.493 e. The van der Waals surface area contributed by atoms with Crippen LogP contribution in [0, 0.1) is 0 Å². The fourth-order valence-electron chi connectivity index (χ4n) is 1.98. The van der Waals surface area contributed by atoms with Crippen LogP contribution in [0.25, 0.3) is 0 Å². The molecule has 1 fully saturated rings. The van der Waals surface area contributed by atoms with Gasteiger partial charge in [0.25, 0.3) is 0 Å². The zero-order chi connectivity index (χ0) is 11.5. The summed E-state index contributed by atoms with van der Waals surface area (Å²) in [4.78, 5) is 0. The van der Waals surface area contributed by atoms with Crippen molar-refractivity contribution in [3.63, 3.8) is 0 Å². The average molecular weight is 223 g/mol. The van der Waals surface area contributed by atoms with E-state index < -0.39 is 6.10 Å². The number of nitrogens with two attached hydrogens (primary N) is 1. The van der Waals surface area contributed by atoms with Crippen LogP contribution in [0.3, 0.4) is 0 Å². The van der Waals surface area contributed by atoms with Crippen molar-refractivity contribution in [1.29, 1.82) is 0 Å². The molecule has 2 rings (SSSR count). The third kappa shape index (κ3) is 2.13. The Labute approximate surface area is 95.0 Å². The molecule has 1 aromatic carbocycles. The number of hydrogen-bond acceptors (Lipinski definition) is 4. The van der Waals surface area contributed by atoms with E-state index in [4.69, 9.17) is 15.2 Å². The molecule has 0 aromatic heterocycles. The van der Waals surface area contributed by atoms with Gasteiger partial charge in [0.05, 0.1) is 7.11 Å². The van der Waals surface area contributed by atoms with Gasteiger partial charge in [-0.15, -0.1) is 0 Å². The third-order valence-corrected chi connectivity index (χ3v) is 2.95. The summed E-state index contributed by atoms with van der Waals surface area (Å²) >= 11 is 0. The first-order chi connectivity index (χ1) is 7.72. The maximum atomic E-state index is 9.79. The fourth-order valence-corrected chi connectivity index (χ4v) is 1.98. The quantitative estimate of drug-likeness (QED) is 0.800. The summed E-state index contributed by atoms with van der Waals surface area (Å²) in [6, 6.07) is 7.23. The summed E-state index contributed by atoms with van der Waals surface area (Å²) in [5, 5.41) is 9.79. The SMILES string of the molecule is COc1ccccc1O[C@@H]1CC[C@@H](N)[C@H]1O. The van der Waals surface area contributed by atoms with Crippen LogP contribution in [-0.4, -0.2) is 30.5 Å². The molecule has 0 bridgehead atoms. The van der Waals surface area contributed by atoms with Crippen LogP contribution in [-0.2, 0) is 0 Å². The van der Waals surface area contributed by atoms with Gasteiger partial charge in [0, 0.05) is 6.04 Å². The first-order valence-corrected chi connectivity index (χ1v) is 5.45. The Bertz CT molecular complexity index is 356. The van der Waals surface area contributed by atoms with Gasteiger partial charge in [-0.05, 0) is 25.0 Å². The van der Waals surface area contributed by atoms with Crippen molar-refractivity contribution in [1.82, 2.24) is 0 Å². The van der Waals surface area contributed by atoms with Gasteiger partial charge in [0.15, 0.2) is 11.5 Å². The topological polar surface area (TPSA) is 64.7 Å². The van der Waals surface area contributed by atoms with Gasteiger partial charge in [-0.2, -0.15) is 0 Å². The highest BCUT2D eigenvalue weighted by atomic mass is 16.5. The Kier molecular flexibility index (Phi) is 3.31. The maximum Gasteiger partial charge on any atom is 0.161 e. The Morgan fingerprint density at radius 1 is 1.25 bits per heavy atom. The number of benzene rings is 1. The van der Waals surface area contributed by atoms with Crippen molar-refractivity contribution in [3.8, 4) is 11.5 Å². The molecule has 0 heterocycles. The lowest BCUT2D eigenvalue weighted by atomic mass is 10.2. The summed E-state index contributed by atoms with van der Waals surface area (Å²) in [7, 11) is 1.60. The van der Waals surface area contributed by atoms with Crippen molar-refractivity contribution in [2.75, 3.05) is 7.11 Å². The van der Waals surface area contributed by atoms with Gasteiger partial charge in [-0.1, -0.05) is 12.1 Å². The van der Waals surface area contributed by atoms with E-state index in [-0.39, 0.29) is 12.1 Å². The molecule has 0 saturated heterocycles. The minimum absolute atomic E-state index is 0.181. The van der Waals surface area contributed by atoms with Crippen molar-refractivity contribution in [3.05, 3.63) is 24.3 Å². The molecule has 3 N–H and O–H groups in total. The molecular formula is C12H17NO3. The van der Waals surface area contributed by atoms with Crippen LogP contribution < -0.4 is 15.2 Å². The van der Waals surface area contributed by atoms with E-state index in [0.717, 1.165) is 12.8 Å².